The van der Waals surface area contributed by atoms with E-state index in [9.17, 15) is 9.59 Å². The van der Waals surface area contributed by atoms with Crippen molar-refractivity contribution in [1.82, 2.24) is 10.6 Å². The molecule has 0 aromatic rings. The Morgan fingerprint density at radius 3 is 2.65 bits per heavy atom. The minimum atomic E-state index is -0.977. The number of rotatable bonds is 4. The topological polar surface area (TPSA) is 78.4 Å². The molecule has 98 valence electrons. The molecule has 0 saturated carbocycles. The number of amides is 1. The standard InChI is InChI=1S/C12H22N2O3/c1-4-8(11(16)17)14-10(15)9-12(2,3)6-5-7-13-9/h8-9,13H,4-7H2,1-3H3,(H,14,15)(H,16,17)/t8-,9?/m0/s1. The van der Waals surface area contributed by atoms with Gasteiger partial charge in [0.15, 0.2) is 0 Å². The fourth-order valence-corrected chi connectivity index (χ4v) is 2.25. The number of carbonyl (C=O) groups excluding carboxylic acids is 1. The summed E-state index contributed by atoms with van der Waals surface area (Å²) in [6, 6.07) is -1.09. The predicted octanol–water partition coefficient (Wildman–Crippen LogP) is 0.744. The zero-order chi connectivity index (χ0) is 13.1. The molecule has 0 radical (unpaired) electrons. The van der Waals surface area contributed by atoms with E-state index in [-0.39, 0.29) is 17.4 Å². The summed E-state index contributed by atoms with van der Waals surface area (Å²) in [7, 11) is 0. The molecule has 1 fully saturated rings. The van der Waals surface area contributed by atoms with Crippen molar-refractivity contribution >= 4 is 11.9 Å². The second kappa shape index (κ2) is 5.49. The molecular formula is C12H22N2O3. The Labute approximate surface area is 102 Å². The van der Waals surface area contributed by atoms with Crippen LogP contribution in [0.2, 0.25) is 0 Å². The smallest absolute Gasteiger partial charge is 0.326 e. The van der Waals surface area contributed by atoms with Gasteiger partial charge in [0, 0.05) is 0 Å². The van der Waals surface area contributed by atoms with E-state index in [1.807, 2.05) is 13.8 Å². The van der Waals surface area contributed by atoms with Crippen LogP contribution in [0.3, 0.4) is 0 Å². The third-order valence-corrected chi connectivity index (χ3v) is 3.41. The molecular weight excluding hydrogens is 220 g/mol. The third kappa shape index (κ3) is 3.43. The highest BCUT2D eigenvalue weighted by Crippen LogP contribution is 2.30. The van der Waals surface area contributed by atoms with Gasteiger partial charge in [-0.15, -0.1) is 0 Å². The van der Waals surface area contributed by atoms with Crippen molar-refractivity contribution in [2.75, 3.05) is 6.54 Å². The monoisotopic (exact) mass is 242 g/mol. The van der Waals surface area contributed by atoms with E-state index >= 15 is 0 Å². The maximum atomic E-state index is 12.1. The zero-order valence-electron chi connectivity index (χ0n) is 10.7. The Morgan fingerprint density at radius 1 is 1.53 bits per heavy atom. The quantitative estimate of drug-likeness (QED) is 0.679. The van der Waals surface area contributed by atoms with Crippen molar-refractivity contribution in [2.24, 2.45) is 5.41 Å². The third-order valence-electron chi connectivity index (χ3n) is 3.41. The lowest BCUT2D eigenvalue weighted by Crippen LogP contribution is -2.58. The molecule has 1 amide bonds. The van der Waals surface area contributed by atoms with Crippen LogP contribution in [0.5, 0.6) is 0 Å². The molecule has 1 aliphatic rings. The summed E-state index contributed by atoms with van der Waals surface area (Å²) in [4.78, 5) is 22.9. The van der Waals surface area contributed by atoms with E-state index in [1.165, 1.54) is 0 Å². The summed E-state index contributed by atoms with van der Waals surface area (Å²) in [5.74, 6) is -1.18. The van der Waals surface area contributed by atoms with Crippen LogP contribution in [0, 0.1) is 5.41 Å². The number of carboxylic acids is 1. The molecule has 17 heavy (non-hydrogen) atoms. The second-order valence-electron chi connectivity index (χ2n) is 5.29. The van der Waals surface area contributed by atoms with E-state index in [0.717, 1.165) is 19.4 Å². The number of nitrogens with one attached hydrogen (secondary N) is 2. The van der Waals surface area contributed by atoms with Crippen molar-refractivity contribution in [3.63, 3.8) is 0 Å². The lowest BCUT2D eigenvalue weighted by molar-refractivity contribution is -0.142. The molecule has 1 rings (SSSR count). The predicted molar refractivity (Wildman–Crippen MR) is 64.7 cm³/mol. The van der Waals surface area contributed by atoms with Crippen LogP contribution in [0.1, 0.15) is 40.0 Å². The summed E-state index contributed by atoms with van der Waals surface area (Å²) in [5, 5.41) is 14.7. The average molecular weight is 242 g/mol. The van der Waals surface area contributed by atoms with Crippen LogP contribution in [0.25, 0.3) is 0 Å². The molecule has 0 aliphatic carbocycles. The van der Waals surface area contributed by atoms with Gasteiger partial charge < -0.3 is 15.7 Å². The molecule has 0 aromatic carbocycles. The van der Waals surface area contributed by atoms with Gasteiger partial charge in [0.25, 0.3) is 0 Å². The van der Waals surface area contributed by atoms with Crippen LogP contribution in [-0.2, 0) is 9.59 Å². The largest absolute Gasteiger partial charge is 0.480 e. The molecule has 1 heterocycles. The van der Waals surface area contributed by atoms with Crippen molar-refractivity contribution in [2.45, 2.75) is 52.1 Å². The number of carboxylic acid groups (broad SMARTS) is 1. The fraction of sp³-hybridized carbons (Fsp3) is 0.833. The first-order valence-corrected chi connectivity index (χ1v) is 6.15. The molecule has 2 atom stereocenters. The van der Waals surface area contributed by atoms with E-state index in [1.54, 1.807) is 6.92 Å². The summed E-state index contributed by atoms with van der Waals surface area (Å²) >= 11 is 0. The Morgan fingerprint density at radius 2 is 2.18 bits per heavy atom. The molecule has 1 saturated heterocycles. The number of hydrogen-bond donors (Lipinski definition) is 3. The van der Waals surface area contributed by atoms with Gasteiger partial charge in [-0.25, -0.2) is 4.79 Å². The average Bonchev–Trinajstić information content (AvgIpc) is 2.24. The van der Waals surface area contributed by atoms with Gasteiger partial charge in [-0.1, -0.05) is 20.8 Å². The lowest BCUT2D eigenvalue weighted by atomic mass is 9.77. The SMILES string of the molecule is CC[C@H](NC(=O)C1NCCCC1(C)C)C(=O)O. The van der Waals surface area contributed by atoms with Gasteiger partial charge in [0.1, 0.15) is 6.04 Å². The van der Waals surface area contributed by atoms with E-state index in [2.05, 4.69) is 10.6 Å². The van der Waals surface area contributed by atoms with Crippen LogP contribution >= 0.6 is 0 Å². The van der Waals surface area contributed by atoms with Gasteiger partial charge >= 0.3 is 5.97 Å². The molecule has 5 heteroatoms. The maximum absolute atomic E-state index is 12.1. The van der Waals surface area contributed by atoms with Crippen molar-refractivity contribution < 1.29 is 14.7 Å². The van der Waals surface area contributed by atoms with Crippen molar-refractivity contribution in [1.29, 1.82) is 0 Å². The number of hydrogen-bond acceptors (Lipinski definition) is 3. The van der Waals surface area contributed by atoms with Crippen LogP contribution in [0.15, 0.2) is 0 Å². The van der Waals surface area contributed by atoms with Crippen molar-refractivity contribution in [3.8, 4) is 0 Å². The van der Waals surface area contributed by atoms with Gasteiger partial charge in [0.2, 0.25) is 5.91 Å². The van der Waals surface area contributed by atoms with E-state index in [0.29, 0.717) is 6.42 Å². The highest BCUT2D eigenvalue weighted by Gasteiger charge is 2.38. The normalized spacial score (nSPS) is 25.0. The summed E-state index contributed by atoms with van der Waals surface area (Å²) in [6.45, 7) is 6.63. The summed E-state index contributed by atoms with van der Waals surface area (Å²) in [6.07, 6.45) is 2.42. The van der Waals surface area contributed by atoms with Gasteiger partial charge in [-0.3, -0.25) is 4.79 Å². The number of aliphatic carboxylic acids is 1. The van der Waals surface area contributed by atoms with Crippen LogP contribution in [-0.4, -0.2) is 35.6 Å². The minimum Gasteiger partial charge on any atom is -0.480 e. The Hall–Kier alpha value is -1.10. The molecule has 0 spiro atoms. The Bertz CT molecular complexity index is 302. The maximum Gasteiger partial charge on any atom is 0.326 e. The van der Waals surface area contributed by atoms with Gasteiger partial charge in [-0.05, 0) is 31.2 Å². The molecule has 1 unspecified atom stereocenters. The molecule has 0 aromatic heterocycles. The molecule has 3 N–H and O–H groups in total. The first-order valence-electron chi connectivity index (χ1n) is 6.15. The van der Waals surface area contributed by atoms with Crippen LogP contribution < -0.4 is 10.6 Å². The minimum absolute atomic E-state index is 0.126. The Balaban J connectivity index is 2.65. The van der Waals surface area contributed by atoms with Crippen LogP contribution in [0.4, 0.5) is 0 Å². The number of carbonyl (C=O) groups is 2. The molecule has 0 bridgehead atoms. The highest BCUT2D eigenvalue weighted by atomic mass is 16.4. The van der Waals surface area contributed by atoms with E-state index in [4.69, 9.17) is 5.11 Å². The first-order chi connectivity index (χ1) is 7.88. The highest BCUT2D eigenvalue weighted by molar-refractivity contribution is 5.87. The summed E-state index contributed by atoms with van der Waals surface area (Å²) < 4.78 is 0. The van der Waals surface area contributed by atoms with E-state index < -0.39 is 12.0 Å². The lowest BCUT2D eigenvalue weighted by Gasteiger charge is -2.38. The molecule has 5 nitrogen and oxygen atoms in total. The van der Waals surface area contributed by atoms with Gasteiger partial charge in [0.05, 0.1) is 6.04 Å². The first kappa shape index (κ1) is 14.0. The molecule has 1 aliphatic heterocycles. The summed E-state index contributed by atoms with van der Waals surface area (Å²) in [5.41, 5.74) is -0.126. The van der Waals surface area contributed by atoms with Gasteiger partial charge in [-0.2, -0.15) is 0 Å². The number of piperidine rings is 1. The van der Waals surface area contributed by atoms with Crippen molar-refractivity contribution in [3.05, 3.63) is 0 Å². The fourth-order valence-electron chi connectivity index (χ4n) is 2.25. The zero-order valence-corrected chi connectivity index (χ0v) is 10.7. The Kier molecular flexibility index (Phi) is 4.51. The second-order valence-corrected chi connectivity index (χ2v) is 5.29.